The molecule has 0 saturated carbocycles. The van der Waals surface area contributed by atoms with Gasteiger partial charge in [-0.05, 0) is 68.8 Å². The predicted octanol–water partition coefficient (Wildman–Crippen LogP) is 3.50. The molecule has 1 fully saturated rings. The lowest BCUT2D eigenvalue weighted by molar-refractivity contribution is -0.134. The minimum atomic E-state index is -0.833. The van der Waals surface area contributed by atoms with E-state index in [1.807, 2.05) is 0 Å². The molecule has 4 heteroatoms. The van der Waals surface area contributed by atoms with Crippen LogP contribution in [0.2, 0.25) is 0 Å². The molecule has 4 nitrogen and oxygen atoms in total. The Morgan fingerprint density at radius 1 is 1.27 bits per heavy atom. The van der Waals surface area contributed by atoms with Crippen molar-refractivity contribution in [2.45, 2.75) is 46.0 Å². The monoisotopic (exact) mass is 307 g/mol. The van der Waals surface area contributed by atoms with Crippen LogP contribution in [0.5, 0.6) is 5.75 Å². The van der Waals surface area contributed by atoms with Crippen LogP contribution in [0, 0.1) is 5.92 Å². The number of hydrogen-bond donors (Lipinski definition) is 2. The number of aliphatic carboxylic acids is 1. The SMILES string of the molecule is CC(=O)O.CCc1ccc(OCCCC2CCNCC2)cc1. The standard InChI is InChI=1S/C16H25NO.C2H4O2/c1-2-14-5-7-16(8-6-14)18-13-3-4-15-9-11-17-12-10-15;1-2(3)4/h5-8,15,17H,2-4,9-13H2,1H3;1H3,(H,3,4). The van der Waals surface area contributed by atoms with E-state index in [2.05, 4.69) is 36.5 Å². The van der Waals surface area contributed by atoms with Gasteiger partial charge in [0.1, 0.15) is 5.75 Å². The highest BCUT2D eigenvalue weighted by Gasteiger charge is 2.12. The van der Waals surface area contributed by atoms with Crippen LogP contribution in [-0.2, 0) is 11.2 Å². The summed E-state index contributed by atoms with van der Waals surface area (Å²) in [6.45, 7) is 6.51. The second-order valence-electron chi connectivity index (χ2n) is 5.70. The van der Waals surface area contributed by atoms with Crippen LogP contribution in [0.4, 0.5) is 0 Å². The van der Waals surface area contributed by atoms with E-state index in [1.165, 1.54) is 44.3 Å². The fraction of sp³-hybridized carbons (Fsp3) is 0.611. The molecule has 2 rings (SSSR count). The first kappa shape index (κ1) is 18.5. The average molecular weight is 307 g/mol. The van der Waals surface area contributed by atoms with E-state index in [4.69, 9.17) is 14.6 Å². The molecule has 1 aromatic carbocycles. The molecule has 0 spiro atoms. The van der Waals surface area contributed by atoms with Crippen LogP contribution in [0.1, 0.15) is 45.1 Å². The first-order valence-corrected chi connectivity index (χ1v) is 8.23. The molecule has 0 bridgehead atoms. The zero-order valence-electron chi connectivity index (χ0n) is 13.8. The smallest absolute Gasteiger partial charge is 0.300 e. The molecule has 1 aliphatic rings. The normalized spacial score (nSPS) is 14.8. The van der Waals surface area contributed by atoms with E-state index >= 15 is 0 Å². The molecule has 22 heavy (non-hydrogen) atoms. The summed E-state index contributed by atoms with van der Waals surface area (Å²) in [4.78, 5) is 9.00. The Morgan fingerprint density at radius 2 is 1.86 bits per heavy atom. The van der Waals surface area contributed by atoms with Crippen LogP contribution in [0.15, 0.2) is 24.3 Å². The lowest BCUT2D eigenvalue weighted by Crippen LogP contribution is -2.27. The molecule has 0 radical (unpaired) electrons. The van der Waals surface area contributed by atoms with Gasteiger partial charge in [0.2, 0.25) is 0 Å². The van der Waals surface area contributed by atoms with Crippen LogP contribution < -0.4 is 10.1 Å². The molecule has 0 aromatic heterocycles. The first-order valence-electron chi connectivity index (χ1n) is 8.23. The van der Waals surface area contributed by atoms with Crippen molar-refractivity contribution in [1.29, 1.82) is 0 Å². The number of carboxylic acid groups (broad SMARTS) is 1. The fourth-order valence-corrected chi connectivity index (χ4v) is 2.55. The van der Waals surface area contributed by atoms with Crippen LogP contribution in [0.3, 0.4) is 0 Å². The van der Waals surface area contributed by atoms with Crippen LogP contribution >= 0.6 is 0 Å². The Balaban J connectivity index is 0.000000541. The van der Waals surface area contributed by atoms with Crippen molar-refractivity contribution in [3.05, 3.63) is 29.8 Å². The third-order valence-electron chi connectivity index (χ3n) is 3.82. The summed E-state index contributed by atoms with van der Waals surface area (Å²) in [5.41, 5.74) is 1.37. The van der Waals surface area contributed by atoms with Crippen molar-refractivity contribution in [2.75, 3.05) is 19.7 Å². The summed E-state index contributed by atoms with van der Waals surface area (Å²) >= 11 is 0. The molecular weight excluding hydrogens is 278 g/mol. The Bertz CT molecular complexity index is 407. The third-order valence-corrected chi connectivity index (χ3v) is 3.82. The third kappa shape index (κ3) is 8.67. The second-order valence-corrected chi connectivity index (χ2v) is 5.70. The van der Waals surface area contributed by atoms with Gasteiger partial charge in [0.25, 0.3) is 5.97 Å². The van der Waals surface area contributed by atoms with Crippen LogP contribution in [0.25, 0.3) is 0 Å². The number of piperidine rings is 1. The van der Waals surface area contributed by atoms with Crippen molar-refractivity contribution in [3.8, 4) is 5.75 Å². The molecule has 0 amide bonds. The lowest BCUT2D eigenvalue weighted by atomic mass is 9.93. The summed E-state index contributed by atoms with van der Waals surface area (Å²) in [6.07, 6.45) is 6.27. The predicted molar refractivity (Wildman–Crippen MR) is 89.5 cm³/mol. The zero-order valence-corrected chi connectivity index (χ0v) is 13.8. The highest BCUT2D eigenvalue weighted by atomic mass is 16.5. The number of carboxylic acids is 1. The number of hydrogen-bond acceptors (Lipinski definition) is 3. The van der Waals surface area contributed by atoms with Crippen molar-refractivity contribution in [2.24, 2.45) is 5.92 Å². The quantitative estimate of drug-likeness (QED) is 0.790. The van der Waals surface area contributed by atoms with E-state index in [9.17, 15) is 0 Å². The van der Waals surface area contributed by atoms with Gasteiger partial charge in [0.15, 0.2) is 0 Å². The van der Waals surface area contributed by atoms with E-state index in [0.29, 0.717) is 0 Å². The van der Waals surface area contributed by atoms with Gasteiger partial charge in [-0.1, -0.05) is 19.1 Å². The van der Waals surface area contributed by atoms with E-state index < -0.39 is 5.97 Å². The van der Waals surface area contributed by atoms with Gasteiger partial charge in [-0.2, -0.15) is 0 Å². The molecule has 0 atom stereocenters. The number of nitrogens with one attached hydrogen (secondary N) is 1. The van der Waals surface area contributed by atoms with Gasteiger partial charge in [0, 0.05) is 6.92 Å². The maximum Gasteiger partial charge on any atom is 0.300 e. The summed E-state index contributed by atoms with van der Waals surface area (Å²) in [5.74, 6) is 1.09. The van der Waals surface area contributed by atoms with Gasteiger partial charge >= 0.3 is 0 Å². The summed E-state index contributed by atoms with van der Waals surface area (Å²) in [6, 6.07) is 8.48. The van der Waals surface area contributed by atoms with Gasteiger partial charge in [-0.25, -0.2) is 0 Å². The fourth-order valence-electron chi connectivity index (χ4n) is 2.55. The average Bonchev–Trinajstić information content (AvgIpc) is 2.53. The van der Waals surface area contributed by atoms with Crippen molar-refractivity contribution < 1.29 is 14.6 Å². The number of rotatable bonds is 6. The molecule has 1 saturated heterocycles. The lowest BCUT2D eigenvalue weighted by Gasteiger charge is -2.22. The van der Waals surface area contributed by atoms with Gasteiger partial charge in [-0.15, -0.1) is 0 Å². The minimum Gasteiger partial charge on any atom is -0.494 e. The molecule has 0 aliphatic carbocycles. The molecule has 1 heterocycles. The van der Waals surface area contributed by atoms with Crippen molar-refractivity contribution in [1.82, 2.24) is 5.32 Å². The van der Waals surface area contributed by atoms with E-state index in [-0.39, 0.29) is 0 Å². The van der Waals surface area contributed by atoms with Gasteiger partial charge in [0.05, 0.1) is 6.61 Å². The second kappa shape index (κ2) is 11.1. The van der Waals surface area contributed by atoms with Gasteiger partial charge < -0.3 is 15.2 Å². The first-order chi connectivity index (χ1) is 10.6. The highest BCUT2D eigenvalue weighted by Crippen LogP contribution is 2.18. The highest BCUT2D eigenvalue weighted by molar-refractivity contribution is 5.62. The number of aryl methyl sites for hydroxylation is 1. The molecule has 124 valence electrons. The summed E-state index contributed by atoms with van der Waals surface area (Å²) in [5, 5.41) is 10.8. The Morgan fingerprint density at radius 3 is 2.41 bits per heavy atom. The van der Waals surface area contributed by atoms with Crippen LogP contribution in [-0.4, -0.2) is 30.8 Å². The minimum absolute atomic E-state index is 0.833. The topological polar surface area (TPSA) is 58.6 Å². The van der Waals surface area contributed by atoms with Gasteiger partial charge in [-0.3, -0.25) is 4.79 Å². The van der Waals surface area contributed by atoms with Crippen molar-refractivity contribution >= 4 is 5.97 Å². The summed E-state index contributed by atoms with van der Waals surface area (Å²) < 4.78 is 5.78. The van der Waals surface area contributed by atoms with E-state index in [0.717, 1.165) is 31.6 Å². The van der Waals surface area contributed by atoms with E-state index in [1.54, 1.807) is 0 Å². The zero-order chi connectivity index (χ0) is 16.2. The maximum atomic E-state index is 9.00. The molecule has 1 aromatic rings. The largest absolute Gasteiger partial charge is 0.494 e. The molecule has 0 unspecified atom stereocenters. The molecular formula is C18H29NO3. The summed E-state index contributed by atoms with van der Waals surface area (Å²) in [7, 11) is 0. The van der Waals surface area contributed by atoms with Crippen molar-refractivity contribution in [3.63, 3.8) is 0 Å². The maximum absolute atomic E-state index is 9.00. The number of carbonyl (C=O) groups is 1. The molecule has 2 N–H and O–H groups in total. The Kier molecular flexibility index (Phi) is 9.31. The molecule has 1 aliphatic heterocycles. The number of benzene rings is 1. The Labute approximate surface area is 133 Å². The number of ether oxygens (including phenoxy) is 1. The Hall–Kier alpha value is -1.55.